The fourth-order valence-corrected chi connectivity index (χ4v) is 2.52. The van der Waals surface area contributed by atoms with Gasteiger partial charge in [-0.05, 0) is 24.5 Å². The van der Waals surface area contributed by atoms with E-state index >= 15 is 0 Å². The highest BCUT2D eigenvalue weighted by molar-refractivity contribution is 5.86. The van der Waals surface area contributed by atoms with E-state index in [2.05, 4.69) is 23.3 Å². The number of fused-ring (bicyclic) bond motifs is 1. The molecule has 0 spiro atoms. The lowest BCUT2D eigenvalue weighted by molar-refractivity contribution is -0.122. The fraction of sp³-hybridized carbons (Fsp3) is 0.471. The second kappa shape index (κ2) is 7.84. The first-order valence-corrected chi connectivity index (χ1v) is 7.80. The summed E-state index contributed by atoms with van der Waals surface area (Å²) in [5, 5.41) is 4.07. The largest absolute Gasteiger partial charge is 0.361 e. The predicted octanol–water partition coefficient (Wildman–Crippen LogP) is 2.73. The third-order valence-electron chi connectivity index (χ3n) is 3.78. The molecule has 0 aliphatic carbocycles. The van der Waals surface area contributed by atoms with Crippen molar-refractivity contribution in [3.05, 3.63) is 36.0 Å². The van der Waals surface area contributed by atoms with Crippen LogP contribution in [0.4, 0.5) is 0 Å². The summed E-state index contributed by atoms with van der Waals surface area (Å²) < 4.78 is 0. The monoisotopic (exact) mass is 287 g/mol. The van der Waals surface area contributed by atoms with Gasteiger partial charge in [0.25, 0.3) is 0 Å². The van der Waals surface area contributed by atoms with Gasteiger partial charge >= 0.3 is 0 Å². The topological polar surface area (TPSA) is 70.9 Å². The molecule has 0 unspecified atom stereocenters. The van der Waals surface area contributed by atoms with E-state index < -0.39 is 6.04 Å². The number of nitrogens with one attached hydrogen (secondary N) is 2. The van der Waals surface area contributed by atoms with E-state index in [4.69, 9.17) is 5.73 Å². The number of H-pyrrole nitrogens is 1. The molecule has 0 saturated heterocycles. The maximum absolute atomic E-state index is 12.0. The highest BCUT2D eigenvalue weighted by Crippen LogP contribution is 2.18. The van der Waals surface area contributed by atoms with Gasteiger partial charge in [-0.2, -0.15) is 0 Å². The smallest absolute Gasteiger partial charge is 0.237 e. The average molecular weight is 287 g/mol. The number of hydrogen-bond acceptors (Lipinski definition) is 2. The van der Waals surface area contributed by atoms with Crippen molar-refractivity contribution in [1.29, 1.82) is 0 Å². The Morgan fingerprint density at radius 2 is 2.10 bits per heavy atom. The van der Waals surface area contributed by atoms with Gasteiger partial charge in [0.05, 0.1) is 6.04 Å². The molecule has 1 atom stereocenters. The van der Waals surface area contributed by atoms with Crippen molar-refractivity contribution in [2.45, 2.75) is 45.1 Å². The van der Waals surface area contributed by atoms with Crippen LogP contribution in [0, 0.1) is 0 Å². The number of aromatic amines is 1. The summed E-state index contributed by atoms with van der Waals surface area (Å²) in [6, 6.07) is 7.58. The maximum atomic E-state index is 12.0. The minimum Gasteiger partial charge on any atom is -0.361 e. The molecule has 2 aromatic rings. The summed E-state index contributed by atoms with van der Waals surface area (Å²) in [6.45, 7) is 2.90. The van der Waals surface area contributed by atoms with Crippen molar-refractivity contribution < 1.29 is 4.79 Å². The van der Waals surface area contributed by atoms with Gasteiger partial charge in [0, 0.05) is 23.6 Å². The summed E-state index contributed by atoms with van der Waals surface area (Å²) >= 11 is 0. The molecule has 0 fully saturated rings. The van der Waals surface area contributed by atoms with Gasteiger partial charge in [-0.3, -0.25) is 4.79 Å². The maximum Gasteiger partial charge on any atom is 0.237 e. The van der Waals surface area contributed by atoms with Crippen molar-refractivity contribution in [2.75, 3.05) is 6.54 Å². The van der Waals surface area contributed by atoms with Crippen molar-refractivity contribution in [2.24, 2.45) is 5.73 Å². The van der Waals surface area contributed by atoms with Gasteiger partial charge in [0.2, 0.25) is 5.91 Å². The lowest BCUT2D eigenvalue weighted by Crippen LogP contribution is -2.42. The molecule has 0 bridgehead atoms. The molecular weight excluding hydrogens is 262 g/mol. The second-order valence-electron chi connectivity index (χ2n) is 5.52. The average Bonchev–Trinajstić information content (AvgIpc) is 2.90. The van der Waals surface area contributed by atoms with E-state index in [0.717, 1.165) is 35.9 Å². The van der Waals surface area contributed by atoms with E-state index in [1.54, 1.807) is 0 Å². The van der Waals surface area contributed by atoms with Crippen molar-refractivity contribution in [1.82, 2.24) is 10.3 Å². The molecule has 114 valence electrons. The number of unbranched alkanes of at least 4 members (excludes halogenated alkanes) is 3. The number of benzene rings is 1. The zero-order valence-corrected chi connectivity index (χ0v) is 12.7. The van der Waals surface area contributed by atoms with E-state index in [1.807, 2.05) is 24.4 Å². The zero-order chi connectivity index (χ0) is 15.1. The fourth-order valence-electron chi connectivity index (χ4n) is 2.52. The van der Waals surface area contributed by atoms with Crippen LogP contribution in [-0.2, 0) is 11.2 Å². The predicted molar refractivity (Wildman–Crippen MR) is 87.1 cm³/mol. The third kappa shape index (κ3) is 4.33. The Morgan fingerprint density at radius 3 is 2.90 bits per heavy atom. The lowest BCUT2D eigenvalue weighted by Gasteiger charge is -2.11. The molecule has 4 N–H and O–H groups in total. The summed E-state index contributed by atoms with van der Waals surface area (Å²) in [5.41, 5.74) is 8.19. The standard InChI is InChI=1S/C17H25N3O/c1-2-3-4-7-10-19-17(21)15(18)11-13-12-20-16-9-6-5-8-14(13)16/h5-6,8-9,12,15,20H,2-4,7,10-11,18H2,1H3,(H,19,21)/t15-/m1/s1. The number of hydrogen-bond donors (Lipinski definition) is 3. The van der Waals surface area contributed by atoms with E-state index in [1.165, 1.54) is 12.8 Å². The number of carbonyl (C=O) groups excluding carboxylic acids is 1. The van der Waals surface area contributed by atoms with Crippen LogP contribution in [0.3, 0.4) is 0 Å². The number of aromatic nitrogens is 1. The van der Waals surface area contributed by atoms with Crippen molar-refractivity contribution in [3.63, 3.8) is 0 Å². The third-order valence-corrected chi connectivity index (χ3v) is 3.78. The lowest BCUT2D eigenvalue weighted by atomic mass is 10.1. The molecule has 1 aromatic carbocycles. The van der Waals surface area contributed by atoms with Crippen LogP contribution in [-0.4, -0.2) is 23.5 Å². The zero-order valence-electron chi connectivity index (χ0n) is 12.7. The number of nitrogens with two attached hydrogens (primary N) is 1. The molecule has 1 amide bonds. The van der Waals surface area contributed by atoms with Crippen LogP contribution in [0.25, 0.3) is 10.9 Å². The van der Waals surface area contributed by atoms with Gasteiger partial charge in [-0.25, -0.2) is 0 Å². The summed E-state index contributed by atoms with van der Waals surface area (Å²) in [6.07, 6.45) is 7.11. The molecule has 1 aromatic heterocycles. The van der Waals surface area contributed by atoms with Gasteiger partial charge < -0.3 is 16.0 Å². The SMILES string of the molecule is CCCCCCNC(=O)[C@H](N)Cc1c[nH]c2ccccc12. The summed E-state index contributed by atoms with van der Waals surface area (Å²) in [4.78, 5) is 15.2. The molecule has 4 nitrogen and oxygen atoms in total. The Bertz CT molecular complexity index is 576. The van der Waals surface area contributed by atoms with Crippen LogP contribution in [0.15, 0.2) is 30.5 Å². The molecule has 0 saturated carbocycles. The number of amides is 1. The molecule has 0 aliphatic rings. The van der Waals surface area contributed by atoms with E-state index in [9.17, 15) is 4.79 Å². The Hall–Kier alpha value is -1.81. The molecule has 4 heteroatoms. The molecular formula is C17H25N3O. The highest BCUT2D eigenvalue weighted by atomic mass is 16.2. The van der Waals surface area contributed by atoms with Crippen molar-refractivity contribution >= 4 is 16.8 Å². The van der Waals surface area contributed by atoms with Crippen LogP contribution in [0.5, 0.6) is 0 Å². The second-order valence-corrected chi connectivity index (χ2v) is 5.52. The number of rotatable bonds is 8. The Morgan fingerprint density at radius 1 is 1.29 bits per heavy atom. The first-order valence-electron chi connectivity index (χ1n) is 7.80. The first kappa shape index (κ1) is 15.6. The molecule has 0 radical (unpaired) electrons. The van der Waals surface area contributed by atoms with Crippen LogP contribution in [0.1, 0.15) is 38.2 Å². The van der Waals surface area contributed by atoms with Crippen LogP contribution < -0.4 is 11.1 Å². The van der Waals surface area contributed by atoms with Crippen LogP contribution in [0.2, 0.25) is 0 Å². The molecule has 21 heavy (non-hydrogen) atoms. The van der Waals surface area contributed by atoms with E-state index in [0.29, 0.717) is 6.42 Å². The summed E-state index contributed by atoms with van der Waals surface area (Å²) in [5.74, 6) is -0.0585. The Labute approximate surface area is 126 Å². The number of para-hydroxylation sites is 1. The normalized spacial score (nSPS) is 12.5. The quantitative estimate of drug-likeness (QED) is 0.653. The molecule has 1 heterocycles. The Balaban J connectivity index is 1.83. The van der Waals surface area contributed by atoms with Gasteiger partial charge in [0.15, 0.2) is 0 Å². The summed E-state index contributed by atoms with van der Waals surface area (Å²) in [7, 11) is 0. The highest BCUT2D eigenvalue weighted by Gasteiger charge is 2.15. The van der Waals surface area contributed by atoms with Crippen LogP contribution >= 0.6 is 0 Å². The van der Waals surface area contributed by atoms with Crippen molar-refractivity contribution in [3.8, 4) is 0 Å². The Kier molecular flexibility index (Phi) is 5.81. The van der Waals surface area contributed by atoms with Gasteiger partial charge in [-0.15, -0.1) is 0 Å². The van der Waals surface area contributed by atoms with Gasteiger partial charge in [0.1, 0.15) is 0 Å². The minimum absolute atomic E-state index is 0.0585. The number of carbonyl (C=O) groups is 1. The van der Waals surface area contributed by atoms with Gasteiger partial charge in [-0.1, -0.05) is 44.4 Å². The van der Waals surface area contributed by atoms with E-state index in [-0.39, 0.29) is 5.91 Å². The molecule has 0 aliphatic heterocycles. The minimum atomic E-state index is -0.490. The first-order chi connectivity index (χ1) is 10.2. The molecule has 2 rings (SSSR count).